The molecule has 1 aromatic carbocycles. The number of rotatable bonds is 5. The van der Waals surface area contributed by atoms with E-state index in [4.69, 9.17) is 5.73 Å². The van der Waals surface area contributed by atoms with Gasteiger partial charge in [-0.2, -0.15) is 0 Å². The van der Waals surface area contributed by atoms with Crippen molar-refractivity contribution >= 4 is 5.69 Å². The summed E-state index contributed by atoms with van der Waals surface area (Å²) in [5.74, 6) is 0. The van der Waals surface area contributed by atoms with E-state index >= 15 is 0 Å². The smallest absolute Gasteiger partial charge is 0.0625 e. The molecule has 3 heteroatoms. The Kier molecular flexibility index (Phi) is 4.33. The monoisotopic (exact) mass is 222 g/mol. The maximum atomic E-state index is 9.19. The van der Waals surface area contributed by atoms with E-state index in [1.165, 1.54) is 5.56 Å². The second kappa shape index (κ2) is 5.32. The fraction of sp³-hybridized carbons (Fsp3) is 0.538. The van der Waals surface area contributed by atoms with E-state index in [1.54, 1.807) is 0 Å². The van der Waals surface area contributed by atoms with E-state index in [0.29, 0.717) is 6.54 Å². The minimum atomic E-state index is -0.556. The third-order valence-electron chi connectivity index (χ3n) is 2.66. The second-order valence-corrected chi connectivity index (χ2v) is 4.67. The first-order chi connectivity index (χ1) is 7.48. The molecule has 0 fully saturated rings. The summed E-state index contributed by atoms with van der Waals surface area (Å²) in [4.78, 5) is 2.18. The SMILES string of the molecule is CCN(CC(C)(N)CO)c1cccc(C)c1. The largest absolute Gasteiger partial charge is 0.394 e. The molecule has 1 rings (SSSR count). The lowest BCUT2D eigenvalue weighted by Gasteiger charge is -2.32. The molecule has 90 valence electrons. The number of likely N-dealkylation sites (N-methyl/N-ethyl adjacent to an activating group) is 1. The van der Waals surface area contributed by atoms with Gasteiger partial charge in [-0.3, -0.25) is 0 Å². The van der Waals surface area contributed by atoms with Crippen LogP contribution in [0.1, 0.15) is 19.4 Å². The molecule has 0 aromatic heterocycles. The number of aliphatic hydroxyl groups is 1. The van der Waals surface area contributed by atoms with Crippen molar-refractivity contribution < 1.29 is 5.11 Å². The number of benzene rings is 1. The number of anilines is 1. The lowest BCUT2D eigenvalue weighted by Crippen LogP contribution is -2.50. The van der Waals surface area contributed by atoms with E-state index < -0.39 is 5.54 Å². The Morgan fingerprint density at radius 2 is 2.12 bits per heavy atom. The molecule has 3 nitrogen and oxygen atoms in total. The molecule has 0 saturated carbocycles. The van der Waals surface area contributed by atoms with Crippen molar-refractivity contribution in [1.82, 2.24) is 0 Å². The maximum Gasteiger partial charge on any atom is 0.0625 e. The van der Waals surface area contributed by atoms with Gasteiger partial charge in [-0.1, -0.05) is 12.1 Å². The summed E-state index contributed by atoms with van der Waals surface area (Å²) in [6, 6.07) is 8.33. The topological polar surface area (TPSA) is 49.5 Å². The Bertz CT molecular complexity index is 336. The molecule has 3 N–H and O–H groups in total. The number of aliphatic hydroxyl groups excluding tert-OH is 1. The Balaban J connectivity index is 2.82. The fourth-order valence-corrected chi connectivity index (χ4v) is 1.70. The van der Waals surface area contributed by atoms with E-state index in [9.17, 15) is 5.11 Å². The van der Waals surface area contributed by atoms with Crippen molar-refractivity contribution in [2.24, 2.45) is 5.73 Å². The van der Waals surface area contributed by atoms with Crippen LogP contribution in [0, 0.1) is 6.92 Å². The van der Waals surface area contributed by atoms with Crippen molar-refractivity contribution in [2.45, 2.75) is 26.3 Å². The molecule has 16 heavy (non-hydrogen) atoms. The van der Waals surface area contributed by atoms with Gasteiger partial charge in [0, 0.05) is 18.8 Å². The van der Waals surface area contributed by atoms with Crippen LogP contribution in [0.4, 0.5) is 5.69 Å². The molecule has 0 bridgehead atoms. The van der Waals surface area contributed by atoms with Crippen LogP contribution in [0.5, 0.6) is 0 Å². The molecular formula is C13H22N2O. The number of hydrogen-bond donors (Lipinski definition) is 2. The maximum absolute atomic E-state index is 9.19. The average Bonchev–Trinajstić information content (AvgIpc) is 2.26. The summed E-state index contributed by atoms with van der Waals surface area (Å²) in [6.07, 6.45) is 0. The van der Waals surface area contributed by atoms with Gasteiger partial charge < -0.3 is 15.7 Å². The fourth-order valence-electron chi connectivity index (χ4n) is 1.70. The van der Waals surface area contributed by atoms with Gasteiger partial charge in [-0.05, 0) is 38.5 Å². The van der Waals surface area contributed by atoms with Crippen molar-refractivity contribution in [3.8, 4) is 0 Å². The van der Waals surface area contributed by atoms with Gasteiger partial charge in [0.15, 0.2) is 0 Å². The first-order valence-electron chi connectivity index (χ1n) is 5.70. The number of nitrogens with zero attached hydrogens (tertiary/aromatic N) is 1. The van der Waals surface area contributed by atoms with E-state index in [1.807, 2.05) is 13.0 Å². The van der Waals surface area contributed by atoms with Crippen LogP contribution in [0.25, 0.3) is 0 Å². The van der Waals surface area contributed by atoms with Crippen molar-refractivity contribution in [1.29, 1.82) is 0 Å². The molecule has 0 aliphatic heterocycles. The molecule has 0 amide bonds. The molecule has 0 aliphatic carbocycles. The minimum Gasteiger partial charge on any atom is -0.394 e. The van der Waals surface area contributed by atoms with Crippen LogP contribution >= 0.6 is 0 Å². The average molecular weight is 222 g/mol. The zero-order valence-electron chi connectivity index (χ0n) is 10.4. The van der Waals surface area contributed by atoms with Crippen molar-refractivity contribution in [3.63, 3.8) is 0 Å². The Morgan fingerprint density at radius 1 is 1.44 bits per heavy atom. The first-order valence-corrected chi connectivity index (χ1v) is 5.70. The zero-order valence-corrected chi connectivity index (χ0v) is 10.4. The number of hydrogen-bond acceptors (Lipinski definition) is 3. The predicted molar refractivity (Wildman–Crippen MR) is 68.7 cm³/mol. The molecule has 0 heterocycles. The molecule has 1 aromatic rings. The third-order valence-corrected chi connectivity index (χ3v) is 2.66. The van der Waals surface area contributed by atoms with Gasteiger partial charge >= 0.3 is 0 Å². The molecule has 0 saturated heterocycles. The number of nitrogens with two attached hydrogens (primary N) is 1. The Morgan fingerprint density at radius 3 is 2.62 bits per heavy atom. The third kappa shape index (κ3) is 3.51. The highest BCUT2D eigenvalue weighted by atomic mass is 16.3. The van der Waals surface area contributed by atoms with Crippen LogP contribution in [0.2, 0.25) is 0 Å². The molecule has 0 aliphatic rings. The highest BCUT2D eigenvalue weighted by Crippen LogP contribution is 2.17. The van der Waals surface area contributed by atoms with E-state index in [2.05, 4.69) is 36.9 Å². The van der Waals surface area contributed by atoms with Gasteiger partial charge in [-0.25, -0.2) is 0 Å². The lowest BCUT2D eigenvalue weighted by atomic mass is 10.0. The van der Waals surface area contributed by atoms with E-state index in [-0.39, 0.29) is 6.61 Å². The quantitative estimate of drug-likeness (QED) is 0.794. The van der Waals surface area contributed by atoms with E-state index in [0.717, 1.165) is 12.2 Å². The van der Waals surface area contributed by atoms with Crippen LogP contribution < -0.4 is 10.6 Å². The minimum absolute atomic E-state index is 0.00465. The summed E-state index contributed by atoms with van der Waals surface area (Å²) in [5.41, 5.74) is 7.82. The standard InChI is InChI=1S/C13H22N2O/c1-4-15(9-13(3,14)10-16)12-7-5-6-11(2)8-12/h5-8,16H,4,9-10,14H2,1-3H3. The summed E-state index contributed by atoms with van der Waals surface area (Å²) in [7, 11) is 0. The zero-order chi connectivity index (χ0) is 12.2. The van der Waals surface area contributed by atoms with Crippen molar-refractivity contribution in [3.05, 3.63) is 29.8 Å². The van der Waals surface area contributed by atoms with Gasteiger partial charge in [0.1, 0.15) is 0 Å². The highest BCUT2D eigenvalue weighted by molar-refractivity contribution is 5.48. The molecule has 1 atom stereocenters. The predicted octanol–water partition coefficient (Wildman–Crippen LogP) is 1.53. The molecule has 1 unspecified atom stereocenters. The molecule has 0 radical (unpaired) electrons. The van der Waals surface area contributed by atoms with Gasteiger partial charge in [0.25, 0.3) is 0 Å². The van der Waals surface area contributed by atoms with Crippen molar-refractivity contribution in [2.75, 3.05) is 24.6 Å². The molecule has 0 spiro atoms. The van der Waals surface area contributed by atoms with Crippen LogP contribution in [0.15, 0.2) is 24.3 Å². The number of aryl methyl sites for hydroxylation is 1. The highest BCUT2D eigenvalue weighted by Gasteiger charge is 2.20. The Hall–Kier alpha value is -1.06. The van der Waals surface area contributed by atoms with Gasteiger partial charge in [0.05, 0.1) is 12.1 Å². The van der Waals surface area contributed by atoms with Gasteiger partial charge in [0.2, 0.25) is 0 Å². The summed E-state index contributed by atoms with van der Waals surface area (Å²) in [5, 5.41) is 9.19. The van der Waals surface area contributed by atoms with Crippen LogP contribution in [0.3, 0.4) is 0 Å². The Labute approximate surface area is 97.9 Å². The summed E-state index contributed by atoms with van der Waals surface area (Å²) in [6.45, 7) is 7.57. The second-order valence-electron chi connectivity index (χ2n) is 4.67. The van der Waals surface area contributed by atoms with Gasteiger partial charge in [-0.15, -0.1) is 0 Å². The first kappa shape index (κ1) is 13.0. The molecular weight excluding hydrogens is 200 g/mol. The lowest BCUT2D eigenvalue weighted by molar-refractivity contribution is 0.211. The normalized spacial score (nSPS) is 14.6. The summed E-state index contributed by atoms with van der Waals surface area (Å²) >= 11 is 0. The van der Waals surface area contributed by atoms with Crippen LogP contribution in [-0.4, -0.2) is 30.3 Å². The summed E-state index contributed by atoms with van der Waals surface area (Å²) < 4.78 is 0. The van der Waals surface area contributed by atoms with Crippen LogP contribution in [-0.2, 0) is 0 Å².